The van der Waals surface area contributed by atoms with E-state index in [0.717, 1.165) is 11.1 Å². The van der Waals surface area contributed by atoms with Crippen molar-refractivity contribution in [1.82, 2.24) is 4.98 Å². The van der Waals surface area contributed by atoms with Crippen molar-refractivity contribution in [3.63, 3.8) is 0 Å². The maximum atomic E-state index is 13.5. The zero-order valence-electron chi connectivity index (χ0n) is 17.2. The third kappa shape index (κ3) is 4.93. The monoisotopic (exact) mass is 416 g/mol. The Kier molecular flexibility index (Phi) is 6.41. The van der Waals surface area contributed by atoms with Crippen LogP contribution in [0.5, 0.6) is 0 Å². The molecule has 2 N–H and O–H groups in total. The molecule has 31 heavy (non-hydrogen) atoms. The number of hydrogen-bond acceptors (Lipinski definition) is 5. The summed E-state index contributed by atoms with van der Waals surface area (Å²) in [5.41, 5.74) is 7.80. The quantitative estimate of drug-likeness (QED) is 0.375. The number of aromatic nitrogens is 1. The highest BCUT2D eigenvalue weighted by atomic mass is 19.1. The van der Waals surface area contributed by atoms with Crippen LogP contribution in [-0.4, -0.2) is 23.9 Å². The first kappa shape index (κ1) is 21.7. The molecule has 3 aromatic rings. The van der Waals surface area contributed by atoms with E-state index in [1.54, 1.807) is 18.2 Å². The van der Waals surface area contributed by atoms with Crippen LogP contribution in [0.2, 0.25) is 0 Å². The number of nitriles is 1. The average molecular weight is 416 g/mol. The van der Waals surface area contributed by atoms with Crippen molar-refractivity contribution >= 4 is 11.8 Å². The average Bonchev–Trinajstić information content (AvgIpc) is 2.79. The van der Waals surface area contributed by atoms with E-state index >= 15 is 0 Å². The molecule has 0 saturated carbocycles. The molecule has 1 atom stereocenters. The molecule has 0 saturated heterocycles. The fourth-order valence-electron chi connectivity index (χ4n) is 3.22. The molecule has 0 spiro atoms. The smallest absolute Gasteiger partial charge is 0.282 e. The summed E-state index contributed by atoms with van der Waals surface area (Å²) >= 11 is 0. The van der Waals surface area contributed by atoms with Crippen molar-refractivity contribution in [2.24, 2.45) is 10.7 Å². The summed E-state index contributed by atoms with van der Waals surface area (Å²) in [5.74, 6) is -0.533. The Bertz CT molecular complexity index is 1150. The number of carbonyl (C=O) groups is 1. The van der Waals surface area contributed by atoms with Crippen LogP contribution in [0.25, 0.3) is 0 Å². The Morgan fingerprint density at radius 1 is 1.19 bits per heavy atom. The number of amidine groups is 1. The SMILES string of the molecule is COC(N)=NC(C)(c1ccc(F)cc1)c1cccc(CC(=O)c2ccc(C#N)cn2)c1. The highest BCUT2D eigenvalue weighted by Gasteiger charge is 2.30. The summed E-state index contributed by atoms with van der Waals surface area (Å²) < 4.78 is 18.5. The Balaban J connectivity index is 1.96. The number of hydrogen-bond donors (Lipinski definition) is 1. The first-order chi connectivity index (χ1) is 14.9. The summed E-state index contributed by atoms with van der Waals surface area (Å²) in [5, 5.41) is 8.87. The molecule has 156 valence electrons. The van der Waals surface area contributed by atoms with Crippen molar-refractivity contribution in [3.05, 3.63) is 101 Å². The van der Waals surface area contributed by atoms with E-state index in [2.05, 4.69) is 9.98 Å². The highest BCUT2D eigenvalue weighted by molar-refractivity contribution is 5.95. The number of ether oxygens (including phenoxy) is 1. The van der Waals surface area contributed by atoms with Crippen LogP contribution in [-0.2, 0) is 16.7 Å². The fraction of sp³-hybridized carbons (Fsp3) is 0.167. The summed E-state index contributed by atoms with van der Waals surface area (Å²) in [6, 6.07) is 18.4. The minimum absolute atomic E-state index is 0.0184. The molecule has 6 nitrogen and oxygen atoms in total. The zero-order chi connectivity index (χ0) is 22.4. The molecular formula is C24H21FN4O2. The van der Waals surface area contributed by atoms with Crippen LogP contribution in [0, 0.1) is 17.1 Å². The van der Waals surface area contributed by atoms with E-state index in [-0.39, 0.29) is 29.7 Å². The molecule has 1 heterocycles. The number of Topliss-reactive ketones (excluding diaryl/α,β-unsaturated/α-hetero) is 1. The molecule has 3 rings (SSSR count). The van der Waals surface area contributed by atoms with E-state index in [9.17, 15) is 9.18 Å². The summed E-state index contributed by atoms with van der Waals surface area (Å²) in [4.78, 5) is 21.2. The van der Waals surface area contributed by atoms with E-state index in [1.807, 2.05) is 37.3 Å². The number of ketones is 1. The summed E-state index contributed by atoms with van der Waals surface area (Å²) in [7, 11) is 1.42. The lowest BCUT2D eigenvalue weighted by atomic mass is 9.84. The number of halogens is 1. The predicted octanol–water partition coefficient (Wildman–Crippen LogP) is 3.74. The van der Waals surface area contributed by atoms with Crippen LogP contribution >= 0.6 is 0 Å². The van der Waals surface area contributed by atoms with E-state index in [1.165, 1.54) is 31.5 Å². The van der Waals surface area contributed by atoms with Gasteiger partial charge in [-0.15, -0.1) is 0 Å². The van der Waals surface area contributed by atoms with E-state index in [4.69, 9.17) is 15.7 Å². The molecule has 0 amide bonds. The van der Waals surface area contributed by atoms with Crippen LogP contribution in [0.3, 0.4) is 0 Å². The van der Waals surface area contributed by atoms with Gasteiger partial charge in [0.15, 0.2) is 5.78 Å². The van der Waals surface area contributed by atoms with E-state index in [0.29, 0.717) is 11.1 Å². The van der Waals surface area contributed by atoms with Gasteiger partial charge in [0.1, 0.15) is 23.1 Å². The van der Waals surface area contributed by atoms with Gasteiger partial charge in [-0.05, 0) is 47.9 Å². The number of benzene rings is 2. The minimum atomic E-state index is -0.959. The van der Waals surface area contributed by atoms with Crippen LogP contribution in [0.15, 0.2) is 71.9 Å². The molecule has 0 aliphatic heterocycles. The third-order valence-corrected chi connectivity index (χ3v) is 4.98. The standard InChI is InChI=1S/C24H21FN4O2/c1-24(29-23(27)31-2,18-7-9-20(25)10-8-18)19-5-3-4-16(12-19)13-22(30)21-11-6-17(14-26)15-28-21/h3-12,15H,13H2,1-2H3,(H2,27,29). The van der Waals surface area contributed by atoms with Crippen LogP contribution in [0.4, 0.5) is 4.39 Å². The van der Waals surface area contributed by atoms with Gasteiger partial charge in [0.05, 0.1) is 12.7 Å². The molecule has 1 aromatic heterocycles. The molecule has 0 bridgehead atoms. The minimum Gasteiger partial charge on any atom is -0.469 e. The lowest BCUT2D eigenvalue weighted by Crippen LogP contribution is -2.27. The summed E-state index contributed by atoms with van der Waals surface area (Å²) in [6.45, 7) is 1.84. The zero-order valence-corrected chi connectivity index (χ0v) is 17.2. The van der Waals surface area contributed by atoms with Crippen molar-refractivity contribution in [1.29, 1.82) is 5.26 Å². The first-order valence-electron chi connectivity index (χ1n) is 9.50. The summed E-state index contributed by atoms with van der Waals surface area (Å²) in [6.07, 6.45) is 1.49. The molecule has 0 radical (unpaired) electrons. The van der Waals surface area contributed by atoms with Crippen LogP contribution < -0.4 is 5.73 Å². The van der Waals surface area contributed by atoms with Gasteiger partial charge < -0.3 is 10.5 Å². The van der Waals surface area contributed by atoms with Crippen molar-refractivity contribution in [2.75, 3.05) is 7.11 Å². The number of nitrogens with two attached hydrogens (primary N) is 1. The van der Waals surface area contributed by atoms with Gasteiger partial charge in [-0.3, -0.25) is 9.78 Å². The Morgan fingerprint density at radius 2 is 1.94 bits per heavy atom. The molecule has 1 unspecified atom stereocenters. The maximum absolute atomic E-state index is 13.5. The highest BCUT2D eigenvalue weighted by Crippen LogP contribution is 2.34. The molecule has 0 aliphatic rings. The molecule has 0 aliphatic carbocycles. The van der Waals surface area contributed by atoms with Gasteiger partial charge in [-0.25, -0.2) is 9.38 Å². The molecule has 2 aromatic carbocycles. The van der Waals surface area contributed by atoms with Crippen molar-refractivity contribution in [3.8, 4) is 6.07 Å². The molecular weight excluding hydrogens is 395 g/mol. The number of nitrogens with zero attached hydrogens (tertiary/aromatic N) is 3. The molecule has 7 heteroatoms. The second kappa shape index (κ2) is 9.18. The van der Waals surface area contributed by atoms with Crippen molar-refractivity contribution in [2.45, 2.75) is 18.9 Å². The first-order valence-corrected chi connectivity index (χ1v) is 9.50. The van der Waals surface area contributed by atoms with Gasteiger partial charge in [0.2, 0.25) is 0 Å². The van der Waals surface area contributed by atoms with Crippen molar-refractivity contribution < 1.29 is 13.9 Å². The van der Waals surface area contributed by atoms with E-state index < -0.39 is 5.54 Å². The second-order valence-electron chi connectivity index (χ2n) is 7.08. The van der Waals surface area contributed by atoms with Crippen LogP contribution in [0.1, 0.15) is 39.7 Å². The number of methoxy groups -OCH3 is 1. The number of aliphatic imine (C=N–C) groups is 1. The van der Waals surface area contributed by atoms with Gasteiger partial charge in [0, 0.05) is 12.6 Å². The topological polar surface area (TPSA) is 101 Å². The second-order valence-corrected chi connectivity index (χ2v) is 7.08. The Hall–Kier alpha value is -4.05. The van der Waals surface area contributed by atoms with Gasteiger partial charge in [-0.2, -0.15) is 5.26 Å². The normalized spacial score (nSPS) is 13.2. The lowest BCUT2D eigenvalue weighted by Gasteiger charge is -2.27. The largest absolute Gasteiger partial charge is 0.469 e. The maximum Gasteiger partial charge on any atom is 0.282 e. The molecule has 0 fully saturated rings. The third-order valence-electron chi connectivity index (χ3n) is 4.98. The number of pyridine rings is 1. The van der Waals surface area contributed by atoms with Gasteiger partial charge in [-0.1, -0.05) is 36.4 Å². The number of rotatable bonds is 6. The Labute approximate surface area is 179 Å². The van der Waals surface area contributed by atoms with Gasteiger partial charge >= 0.3 is 0 Å². The predicted molar refractivity (Wildman–Crippen MR) is 115 cm³/mol. The fourth-order valence-corrected chi connectivity index (χ4v) is 3.22. The van der Waals surface area contributed by atoms with Gasteiger partial charge in [0.25, 0.3) is 6.02 Å². The Morgan fingerprint density at radius 3 is 2.55 bits per heavy atom. The lowest BCUT2D eigenvalue weighted by molar-refractivity contribution is 0.0988. The number of carbonyl (C=O) groups excluding carboxylic acids is 1.